The maximum Gasteiger partial charge on any atom is 0.270 e. The number of nitrogens with one attached hydrogen (secondary N) is 1. The van der Waals surface area contributed by atoms with Crippen molar-refractivity contribution in [3.63, 3.8) is 0 Å². The number of benzene rings is 3. The van der Waals surface area contributed by atoms with Crippen molar-refractivity contribution in [2.75, 3.05) is 0 Å². The summed E-state index contributed by atoms with van der Waals surface area (Å²) in [5.74, 6) is -0.449. The molecule has 0 fully saturated rings. The summed E-state index contributed by atoms with van der Waals surface area (Å²) in [6, 6.07) is 20.4. The first-order valence-electron chi connectivity index (χ1n) is 9.95. The molecular weight excluding hydrogens is 441 g/mol. The number of hydrogen-bond donors (Lipinski definition) is 1. The van der Waals surface area contributed by atoms with Crippen LogP contribution in [0.3, 0.4) is 0 Å². The average Bonchev–Trinajstić information content (AvgIpc) is 3.43. The van der Waals surface area contributed by atoms with Gasteiger partial charge in [0.05, 0.1) is 16.8 Å². The van der Waals surface area contributed by atoms with Gasteiger partial charge in [0.25, 0.3) is 5.69 Å². The number of nitro groups is 1. The SMILES string of the molecule is O=[N+]([O-])c1cccc(-c2csc(=Nc3ccccc3F)n2N=Cc2c[nH]c3ccccc23)c1. The number of aromatic nitrogens is 2. The molecule has 0 atom stereocenters. The van der Waals surface area contributed by atoms with Crippen LogP contribution in [0.5, 0.6) is 0 Å². The second kappa shape index (κ2) is 8.64. The summed E-state index contributed by atoms with van der Waals surface area (Å²) in [5, 5.41) is 18.7. The highest BCUT2D eigenvalue weighted by Crippen LogP contribution is 2.25. The standard InChI is InChI=1S/C24H16FN5O2S/c25-20-9-2-4-11-22(20)28-24-29(27-14-17-13-26-21-10-3-1-8-19(17)21)23(15-33-24)16-6-5-7-18(12-16)30(31)32/h1-15,26H. The van der Waals surface area contributed by atoms with Crippen LogP contribution in [0, 0.1) is 15.9 Å². The fraction of sp³-hybridized carbons (Fsp3) is 0. The molecule has 0 aliphatic rings. The molecule has 7 nitrogen and oxygen atoms in total. The number of nitrogens with zero attached hydrogens (tertiary/aromatic N) is 4. The first kappa shape index (κ1) is 20.5. The van der Waals surface area contributed by atoms with Gasteiger partial charge in [-0.2, -0.15) is 5.10 Å². The minimum absolute atomic E-state index is 0.0292. The Kier molecular flexibility index (Phi) is 5.37. The Labute approximate surface area is 191 Å². The second-order valence-corrected chi connectivity index (χ2v) is 7.96. The number of thiazole rings is 1. The monoisotopic (exact) mass is 457 g/mol. The van der Waals surface area contributed by atoms with Crippen molar-refractivity contribution in [1.82, 2.24) is 9.66 Å². The first-order chi connectivity index (χ1) is 16.1. The molecule has 5 aromatic rings. The van der Waals surface area contributed by atoms with E-state index >= 15 is 0 Å². The number of aromatic amines is 1. The zero-order chi connectivity index (χ0) is 22.8. The summed E-state index contributed by atoms with van der Waals surface area (Å²) in [6.07, 6.45) is 3.54. The molecule has 1 N–H and O–H groups in total. The van der Waals surface area contributed by atoms with Crippen LogP contribution in [-0.2, 0) is 0 Å². The van der Waals surface area contributed by atoms with E-state index in [1.807, 2.05) is 30.5 Å². The number of hydrogen-bond acceptors (Lipinski definition) is 5. The summed E-state index contributed by atoms with van der Waals surface area (Å²) < 4.78 is 15.8. The van der Waals surface area contributed by atoms with Gasteiger partial charge in [-0.05, 0) is 18.2 Å². The molecule has 2 aromatic heterocycles. The van der Waals surface area contributed by atoms with E-state index in [0.717, 1.165) is 16.5 Å². The summed E-state index contributed by atoms with van der Waals surface area (Å²) in [4.78, 5) is 18.9. The molecule has 33 heavy (non-hydrogen) atoms. The van der Waals surface area contributed by atoms with Crippen molar-refractivity contribution in [1.29, 1.82) is 0 Å². The van der Waals surface area contributed by atoms with Crippen molar-refractivity contribution < 1.29 is 9.31 Å². The van der Waals surface area contributed by atoms with Gasteiger partial charge in [-0.3, -0.25) is 10.1 Å². The molecular formula is C24H16FN5O2S. The molecule has 0 saturated heterocycles. The van der Waals surface area contributed by atoms with Crippen molar-refractivity contribution in [3.05, 3.63) is 111 Å². The maximum atomic E-state index is 14.2. The van der Waals surface area contributed by atoms with Gasteiger partial charge in [-0.15, -0.1) is 11.3 Å². The van der Waals surface area contributed by atoms with Crippen LogP contribution < -0.4 is 4.80 Å². The molecule has 0 radical (unpaired) electrons. The number of nitro benzene ring substituents is 1. The molecule has 0 unspecified atom stereocenters. The Morgan fingerprint density at radius 2 is 1.88 bits per heavy atom. The van der Waals surface area contributed by atoms with E-state index in [9.17, 15) is 14.5 Å². The topological polar surface area (TPSA) is 88.6 Å². The Morgan fingerprint density at radius 3 is 2.73 bits per heavy atom. The van der Waals surface area contributed by atoms with E-state index in [-0.39, 0.29) is 11.4 Å². The predicted molar refractivity (Wildman–Crippen MR) is 127 cm³/mol. The molecule has 0 bridgehead atoms. The normalized spacial score (nSPS) is 12.1. The van der Waals surface area contributed by atoms with Crippen molar-refractivity contribution in [3.8, 4) is 11.3 Å². The average molecular weight is 457 g/mol. The highest BCUT2D eigenvalue weighted by Gasteiger charge is 2.13. The van der Waals surface area contributed by atoms with E-state index in [1.165, 1.54) is 29.5 Å². The Morgan fingerprint density at radius 1 is 1.06 bits per heavy atom. The first-order valence-corrected chi connectivity index (χ1v) is 10.8. The smallest absolute Gasteiger partial charge is 0.270 e. The maximum absolute atomic E-state index is 14.2. The van der Waals surface area contributed by atoms with Gasteiger partial charge in [0.1, 0.15) is 11.5 Å². The van der Waals surface area contributed by atoms with Crippen molar-refractivity contribution in [2.45, 2.75) is 0 Å². The summed E-state index contributed by atoms with van der Waals surface area (Å²) in [7, 11) is 0. The summed E-state index contributed by atoms with van der Waals surface area (Å²) in [5.41, 5.74) is 3.21. The van der Waals surface area contributed by atoms with Gasteiger partial charge >= 0.3 is 0 Å². The highest BCUT2D eigenvalue weighted by molar-refractivity contribution is 7.07. The number of rotatable bonds is 5. The minimum atomic E-state index is -0.449. The quantitative estimate of drug-likeness (QED) is 0.204. The van der Waals surface area contributed by atoms with Gasteiger partial charge in [-0.25, -0.2) is 14.1 Å². The number of non-ortho nitro benzene ring substituents is 1. The second-order valence-electron chi connectivity index (χ2n) is 7.12. The lowest BCUT2D eigenvalue weighted by Gasteiger charge is -2.04. The molecule has 9 heteroatoms. The highest BCUT2D eigenvalue weighted by atomic mass is 32.1. The predicted octanol–water partition coefficient (Wildman–Crippen LogP) is 5.86. The van der Waals surface area contributed by atoms with Crippen LogP contribution >= 0.6 is 11.3 Å². The van der Waals surface area contributed by atoms with Gasteiger partial charge < -0.3 is 4.98 Å². The molecule has 2 heterocycles. The lowest BCUT2D eigenvalue weighted by molar-refractivity contribution is -0.384. The van der Waals surface area contributed by atoms with Crippen LogP contribution in [0.2, 0.25) is 0 Å². The summed E-state index contributed by atoms with van der Waals surface area (Å²) in [6.45, 7) is 0. The molecule has 162 valence electrons. The molecule has 0 aliphatic carbocycles. The number of fused-ring (bicyclic) bond motifs is 1. The Hall–Kier alpha value is -4.37. The van der Waals surface area contributed by atoms with Gasteiger partial charge in [0.2, 0.25) is 4.80 Å². The molecule has 0 saturated carbocycles. The summed E-state index contributed by atoms with van der Waals surface area (Å²) >= 11 is 1.27. The minimum Gasteiger partial charge on any atom is -0.361 e. The van der Waals surface area contributed by atoms with E-state index in [2.05, 4.69) is 15.1 Å². The van der Waals surface area contributed by atoms with E-state index < -0.39 is 10.7 Å². The van der Waals surface area contributed by atoms with Gasteiger partial charge in [-0.1, -0.05) is 42.5 Å². The number of para-hydroxylation sites is 2. The number of halogens is 1. The molecule has 0 aliphatic heterocycles. The molecule has 3 aromatic carbocycles. The van der Waals surface area contributed by atoms with Crippen LogP contribution in [-0.4, -0.2) is 20.8 Å². The van der Waals surface area contributed by atoms with Crippen LogP contribution in [0.15, 0.2) is 94.5 Å². The zero-order valence-electron chi connectivity index (χ0n) is 17.1. The molecule has 0 amide bonds. The molecule has 5 rings (SSSR count). The third kappa shape index (κ3) is 4.09. The third-order valence-electron chi connectivity index (χ3n) is 5.04. The van der Waals surface area contributed by atoms with Crippen LogP contribution in [0.25, 0.3) is 22.2 Å². The van der Waals surface area contributed by atoms with Gasteiger partial charge in [0.15, 0.2) is 0 Å². The van der Waals surface area contributed by atoms with Crippen LogP contribution in [0.1, 0.15) is 5.56 Å². The Bertz CT molecular complexity index is 1580. The van der Waals surface area contributed by atoms with Crippen molar-refractivity contribution >= 4 is 39.8 Å². The fourth-order valence-electron chi connectivity index (χ4n) is 3.43. The number of H-pyrrole nitrogens is 1. The van der Waals surface area contributed by atoms with E-state index in [0.29, 0.717) is 16.1 Å². The lowest BCUT2D eigenvalue weighted by Crippen LogP contribution is -2.11. The third-order valence-corrected chi connectivity index (χ3v) is 5.86. The fourth-order valence-corrected chi connectivity index (χ4v) is 4.28. The molecule has 0 spiro atoms. The van der Waals surface area contributed by atoms with Gasteiger partial charge in [0, 0.05) is 45.7 Å². The van der Waals surface area contributed by atoms with Crippen molar-refractivity contribution in [2.24, 2.45) is 10.1 Å². The lowest BCUT2D eigenvalue weighted by atomic mass is 10.1. The largest absolute Gasteiger partial charge is 0.361 e. The van der Waals surface area contributed by atoms with Crippen LogP contribution in [0.4, 0.5) is 15.8 Å². The Balaban J connectivity index is 1.68. The zero-order valence-corrected chi connectivity index (χ0v) is 17.9. The van der Waals surface area contributed by atoms with E-state index in [4.69, 9.17) is 0 Å². The van der Waals surface area contributed by atoms with E-state index in [1.54, 1.807) is 46.6 Å².